The zero-order valence-electron chi connectivity index (χ0n) is 16.3. The zero-order chi connectivity index (χ0) is 19.8. The number of likely N-dealkylation sites (tertiary alicyclic amines) is 1. The average molecular weight is 394 g/mol. The Labute approximate surface area is 164 Å². The smallest absolute Gasteiger partial charge is 0.410 e. The number of aliphatic hydroxyl groups excluding tert-OH is 1. The molecule has 2 aromatic rings. The van der Waals surface area contributed by atoms with Crippen molar-refractivity contribution in [1.29, 1.82) is 0 Å². The number of aromatic nitrogens is 2. The predicted octanol–water partition coefficient (Wildman–Crippen LogP) is 4.53. The van der Waals surface area contributed by atoms with Gasteiger partial charge in [-0.15, -0.1) is 0 Å². The van der Waals surface area contributed by atoms with Gasteiger partial charge < -0.3 is 14.7 Å². The highest BCUT2D eigenvalue weighted by Gasteiger charge is 2.40. The van der Waals surface area contributed by atoms with E-state index in [0.717, 1.165) is 29.3 Å². The number of nitrogens with one attached hydrogen (secondary N) is 1. The highest BCUT2D eigenvalue weighted by molar-refractivity contribution is 6.31. The van der Waals surface area contributed by atoms with Gasteiger partial charge in [0.05, 0.1) is 23.9 Å². The van der Waals surface area contributed by atoms with E-state index in [2.05, 4.69) is 24.0 Å². The molecule has 27 heavy (non-hydrogen) atoms. The van der Waals surface area contributed by atoms with Gasteiger partial charge in [0.2, 0.25) is 0 Å². The molecule has 2 N–H and O–H groups in total. The van der Waals surface area contributed by atoms with E-state index in [-0.39, 0.29) is 23.5 Å². The van der Waals surface area contributed by atoms with Crippen molar-refractivity contribution in [2.75, 3.05) is 13.1 Å². The van der Waals surface area contributed by atoms with Crippen LogP contribution >= 0.6 is 11.6 Å². The summed E-state index contributed by atoms with van der Waals surface area (Å²) in [6, 6.07) is 3.64. The van der Waals surface area contributed by atoms with E-state index in [1.165, 1.54) is 0 Å². The lowest BCUT2D eigenvalue weighted by molar-refractivity contribution is -0.0197. The second-order valence-corrected chi connectivity index (χ2v) is 8.68. The van der Waals surface area contributed by atoms with Crippen LogP contribution in [0.15, 0.2) is 18.3 Å². The minimum absolute atomic E-state index is 0.117. The number of aromatic amines is 1. The van der Waals surface area contributed by atoms with Crippen molar-refractivity contribution in [3.8, 4) is 0 Å². The quantitative estimate of drug-likeness (QED) is 0.799. The molecule has 2 heterocycles. The molecule has 1 aliphatic rings. The van der Waals surface area contributed by atoms with Gasteiger partial charge in [0.1, 0.15) is 0 Å². The van der Waals surface area contributed by atoms with Crippen LogP contribution in [0.5, 0.6) is 0 Å². The Morgan fingerprint density at radius 3 is 2.67 bits per heavy atom. The second kappa shape index (κ2) is 7.68. The second-order valence-electron chi connectivity index (χ2n) is 8.25. The molecule has 1 saturated heterocycles. The maximum Gasteiger partial charge on any atom is 0.410 e. The number of rotatable bonds is 4. The summed E-state index contributed by atoms with van der Waals surface area (Å²) in [6.07, 6.45) is 2.29. The maximum absolute atomic E-state index is 12.1. The summed E-state index contributed by atoms with van der Waals surface area (Å²) in [7, 11) is 0. The first-order valence-electron chi connectivity index (χ1n) is 9.46. The first-order chi connectivity index (χ1) is 12.7. The Morgan fingerprint density at radius 1 is 1.37 bits per heavy atom. The molecule has 1 atom stereocenters. The minimum atomic E-state index is -0.696. The van der Waals surface area contributed by atoms with E-state index in [1.807, 2.05) is 26.0 Å². The summed E-state index contributed by atoms with van der Waals surface area (Å²) in [5.41, 5.74) is 1.20. The average Bonchev–Trinajstić information content (AvgIpc) is 3.08. The predicted molar refractivity (Wildman–Crippen MR) is 106 cm³/mol. The molecular weight excluding hydrogens is 366 g/mol. The number of carbonyl (C=O) groups is 1. The third-order valence-corrected chi connectivity index (χ3v) is 5.90. The van der Waals surface area contributed by atoms with Gasteiger partial charge in [0.15, 0.2) is 0 Å². The van der Waals surface area contributed by atoms with Crippen LogP contribution in [0.25, 0.3) is 10.9 Å². The molecule has 1 amide bonds. The number of H-pyrrole nitrogens is 1. The molecule has 0 spiro atoms. The molecule has 148 valence electrons. The monoisotopic (exact) mass is 393 g/mol. The molecule has 3 rings (SSSR count). The van der Waals surface area contributed by atoms with E-state index in [4.69, 9.17) is 16.3 Å². The maximum atomic E-state index is 12.1. The molecule has 0 saturated carbocycles. The standard InChI is InChI=1S/C20H28ClN3O3/c1-12(2)27-19(26)24-7-5-14(6-8-24)20(3,4)18(25)16-10-15(21)9-13-11-22-23-17(13)16/h9-12,14,18,25H,5-8H2,1-4H3,(H,22,23). The van der Waals surface area contributed by atoms with Crippen molar-refractivity contribution >= 4 is 28.6 Å². The van der Waals surface area contributed by atoms with Gasteiger partial charge in [-0.05, 0) is 50.2 Å². The van der Waals surface area contributed by atoms with Crippen molar-refractivity contribution in [3.05, 3.63) is 28.9 Å². The van der Waals surface area contributed by atoms with Gasteiger partial charge in [-0.3, -0.25) is 5.10 Å². The topological polar surface area (TPSA) is 78.4 Å². The van der Waals surface area contributed by atoms with Gasteiger partial charge in [-0.1, -0.05) is 25.4 Å². The molecule has 6 nitrogen and oxygen atoms in total. The Kier molecular flexibility index (Phi) is 5.68. The van der Waals surface area contributed by atoms with Crippen LogP contribution in [0.4, 0.5) is 4.79 Å². The van der Waals surface area contributed by atoms with Crippen LogP contribution in [0.3, 0.4) is 0 Å². The van der Waals surface area contributed by atoms with Crippen molar-refractivity contribution in [1.82, 2.24) is 15.1 Å². The number of hydrogen-bond donors (Lipinski definition) is 2. The molecule has 1 aromatic heterocycles. The van der Waals surface area contributed by atoms with Gasteiger partial charge in [0.25, 0.3) is 0 Å². The van der Waals surface area contributed by atoms with Crippen molar-refractivity contribution < 1.29 is 14.6 Å². The van der Waals surface area contributed by atoms with Crippen LogP contribution in [0, 0.1) is 11.3 Å². The van der Waals surface area contributed by atoms with Crippen LogP contribution in [0.2, 0.25) is 5.02 Å². The number of nitrogens with zero attached hydrogens (tertiary/aromatic N) is 2. The van der Waals surface area contributed by atoms with Crippen molar-refractivity contribution in [2.45, 2.75) is 52.7 Å². The fourth-order valence-corrected chi connectivity index (χ4v) is 4.20. The number of carbonyl (C=O) groups excluding carboxylic acids is 1. The summed E-state index contributed by atoms with van der Waals surface area (Å²) in [5.74, 6) is 0.271. The largest absolute Gasteiger partial charge is 0.447 e. The first kappa shape index (κ1) is 20.0. The molecule has 0 aliphatic carbocycles. The first-order valence-corrected chi connectivity index (χ1v) is 9.84. The summed E-state index contributed by atoms with van der Waals surface area (Å²) in [4.78, 5) is 13.9. The van der Waals surface area contributed by atoms with Crippen molar-refractivity contribution in [2.24, 2.45) is 11.3 Å². The fraction of sp³-hybridized carbons (Fsp3) is 0.600. The van der Waals surface area contributed by atoms with Gasteiger partial charge >= 0.3 is 6.09 Å². The van der Waals surface area contributed by atoms with E-state index in [0.29, 0.717) is 18.1 Å². The van der Waals surface area contributed by atoms with Crippen LogP contribution < -0.4 is 0 Å². The van der Waals surface area contributed by atoms with Gasteiger partial charge in [0, 0.05) is 29.1 Å². The number of ether oxygens (including phenoxy) is 1. The number of halogens is 1. The van der Waals surface area contributed by atoms with Crippen LogP contribution in [0.1, 0.15) is 52.2 Å². The van der Waals surface area contributed by atoms with E-state index in [1.54, 1.807) is 11.1 Å². The summed E-state index contributed by atoms with van der Waals surface area (Å²) in [5, 5.41) is 19.7. The zero-order valence-corrected chi connectivity index (χ0v) is 17.1. The van der Waals surface area contributed by atoms with E-state index >= 15 is 0 Å². The fourth-order valence-electron chi connectivity index (χ4n) is 3.97. The Balaban J connectivity index is 1.74. The minimum Gasteiger partial charge on any atom is -0.447 e. The number of amides is 1. The lowest BCUT2D eigenvalue weighted by Gasteiger charge is -2.43. The van der Waals surface area contributed by atoms with Gasteiger partial charge in [-0.25, -0.2) is 4.79 Å². The summed E-state index contributed by atoms with van der Waals surface area (Å²) in [6.45, 7) is 9.14. The molecule has 0 bridgehead atoms. The lowest BCUT2D eigenvalue weighted by Crippen LogP contribution is -2.44. The third-order valence-electron chi connectivity index (χ3n) is 5.69. The number of hydrogen-bond acceptors (Lipinski definition) is 4. The van der Waals surface area contributed by atoms with E-state index in [9.17, 15) is 9.90 Å². The van der Waals surface area contributed by atoms with Crippen LogP contribution in [-0.4, -0.2) is 45.5 Å². The Hall–Kier alpha value is -1.79. The Morgan fingerprint density at radius 2 is 2.04 bits per heavy atom. The highest BCUT2D eigenvalue weighted by atomic mass is 35.5. The van der Waals surface area contributed by atoms with Gasteiger partial charge in [-0.2, -0.15) is 5.10 Å². The SMILES string of the molecule is CC(C)OC(=O)N1CCC(C(C)(C)C(O)c2cc(Cl)cc3cn[nH]c23)CC1. The molecule has 0 radical (unpaired) electrons. The van der Waals surface area contributed by atoms with E-state index < -0.39 is 6.10 Å². The van der Waals surface area contributed by atoms with Crippen LogP contribution in [-0.2, 0) is 4.74 Å². The number of piperidine rings is 1. The number of aliphatic hydroxyl groups is 1. The molecule has 1 aliphatic heterocycles. The third kappa shape index (κ3) is 4.06. The lowest BCUT2D eigenvalue weighted by atomic mass is 9.68. The molecule has 7 heteroatoms. The number of benzene rings is 1. The van der Waals surface area contributed by atoms with Crippen molar-refractivity contribution in [3.63, 3.8) is 0 Å². The molecule has 1 unspecified atom stereocenters. The highest BCUT2D eigenvalue weighted by Crippen LogP contribution is 2.46. The summed E-state index contributed by atoms with van der Waals surface area (Å²) >= 11 is 6.25. The summed E-state index contributed by atoms with van der Waals surface area (Å²) < 4.78 is 5.29. The molecule has 1 fully saturated rings. The molecular formula is C20H28ClN3O3. The Bertz CT molecular complexity index is 810. The number of fused-ring (bicyclic) bond motifs is 1. The molecule has 1 aromatic carbocycles. The normalized spacial score (nSPS) is 17.5.